The first kappa shape index (κ1) is 14.2. The van der Waals surface area contributed by atoms with Crippen LogP contribution in [-0.4, -0.2) is 48.0 Å². The fraction of sp³-hybridized carbons (Fsp3) is 0.929. The van der Waals surface area contributed by atoms with E-state index in [-0.39, 0.29) is 5.92 Å². The first-order valence-electron chi connectivity index (χ1n) is 7.25. The summed E-state index contributed by atoms with van der Waals surface area (Å²) >= 11 is 1.77. The largest absolute Gasteiger partial charge is 0.338 e. The lowest BCUT2D eigenvalue weighted by Crippen LogP contribution is -2.48. The van der Waals surface area contributed by atoms with Crippen LogP contribution in [0.5, 0.6) is 0 Å². The molecule has 4 heteroatoms. The maximum absolute atomic E-state index is 12.5. The van der Waals surface area contributed by atoms with E-state index in [0.29, 0.717) is 18.0 Å². The third kappa shape index (κ3) is 3.89. The van der Waals surface area contributed by atoms with Crippen LogP contribution in [0.3, 0.4) is 0 Å². The SMILES string of the molecule is CSCC(C)C(=O)N(CC1CCCCN1)C1CC1. The molecule has 2 unspecified atom stereocenters. The van der Waals surface area contributed by atoms with Crippen LogP contribution >= 0.6 is 11.8 Å². The summed E-state index contributed by atoms with van der Waals surface area (Å²) in [5.74, 6) is 1.49. The number of hydrogen-bond acceptors (Lipinski definition) is 3. The molecule has 0 spiro atoms. The molecule has 1 aliphatic heterocycles. The number of carbonyl (C=O) groups is 1. The van der Waals surface area contributed by atoms with Crippen molar-refractivity contribution in [3.63, 3.8) is 0 Å². The number of thioether (sulfide) groups is 1. The van der Waals surface area contributed by atoms with Gasteiger partial charge >= 0.3 is 0 Å². The van der Waals surface area contributed by atoms with Gasteiger partial charge in [-0.2, -0.15) is 11.8 Å². The monoisotopic (exact) mass is 270 g/mol. The molecule has 0 bridgehead atoms. The molecule has 0 aromatic carbocycles. The molecule has 2 atom stereocenters. The van der Waals surface area contributed by atoms with Gasteiger partial charge in [0.1, 0.15) is 0 Å². The summed E-state index contributed by atoms with van der Waals surface area (Å²) in [7, 11) is 0. The number of carbonyl (C=O) groups excluding carboxylic acids is 1. The predicted octanol–water partition coefficient (Wildman–Crippen LogP) is 2.12. The molecular formula is C14H26N2OS. The smallest absolute Gasteiger partial charge is 0.226 e. The van der Waals surface area contributed by atoms with E-state index in [9.17, 15) is 4.79 Å². The minimum absolute atomic E-state index is 0.171. The molecule has 0 aromatic rings. The van der Waals surface area contributed by atoms with Gasteiger partial charge < -0.3 is 10.2 Å². The van der Waals surface area contributed by atoms with Crippen molar-refractivity contribution in [1.29, 1.82) is 0 Å². The summed E-state index contributed by atoms with van der Waals surface area (Å²) < 4.78 is 0. The van der Waals surface area contributed by atoms with E-state index in [1.54, 1.807) is 11.8 Å². The molecule has 1 amide bonds. The molecule has 2 fully saturated rings. The Morgan fingerprint density at radius 1 is 1.39 bits per heavy atom. The Bertz CT molecular complexity index is 275. The highest BCUT2D eigenvalue weighted by Gasteiger charge is 2.35. The first-order chi connectivity index (χ1) is 8.72. The maximum atomic E-state index is 12.5. The first-order valence-corrected chi connectivity index (χ1v) is 8.64. The number of rotatable bonds is 6. The highest BCUT2D eigenvalue weighted by Crippen LogP contribution is 2.29. The Hall–Kier alpha value is -0.220. The zero-order valence-corrected chi connectivity index (χ0v) is 12.5. The quantitative estimate of drug-likeness (QED) is 0.802. The van der Waals surface area contributed by atoms with Crippen LogP contribution in [0.25, 0.3) is 0 Å². The number of hydrogen-bond donors (Lipinski definition) is 1. The average Bonchev–Trinajstić information content (AvgIpc) is 3.21. The normalized spacial score (nSPS) is 25.8. The van der Waals surface area contributed by atoms with Crippen LogP contribution in [-0.2, 0) is 4.79 Å². The van der Waals surface area contributed by atoms with Gasteiger partial charge in [-0.05, 0) is 38.5 Å². The van der Waals surface area contributed by atoms with Gasteiger partial charge in [-0.15, -0.1) is 0 Å². The fourth-order valence-electron chi connectivity index (χ4n) is 2.73. The molecule has 0 aromatic heterocycles. The Morgan fingerprint density at radius 2 is 2.17 bits per heavy atom. The fourth-order valence-corrected chi connectivity index (χ4v) is 3.37. The van der Waals surface area contributed by atoms with Crippen molar-refractivity contribution in [2.75, 3.05) is 25.1 Å². The molecule has 2 aliphatic rings. The van der Waals surface area contributed by atoms with E-state index in [2.05, 4.69) is 23.4 Å². The third-order valence-corrected chi connectivity index (χ3v) is 4.77. The molecule has 18 heavy (non-hydrogen) atoms. The molecule has 1 N–H and O–H groups in total. The van der Waals surface area contributed by atoms with E-state index in [1.807, 2.05) is 0 Å². The lowest BCUT2D eigenvalue weighted by atomic mass is 10.0. The Balaban J connectivity index is 1.88. The second-order valence-electron chi connectivity index (χ2n) is 5.72. The zero-order chi connectivity index (χ0) is 13.0. The van der Waals surface area contributed by atoms with E-state index < -0.39 is 0 Å². The van der Waals surface area contributed by atoms with Crippen molar-refractivity contribution in [2.24, 2.45) is 5.92 Å². The molecule has 0 radical (unpaired) electrons. The Kier molecular flexibility index (Phi) is 5.37. The van der Waals surface area contributed by atoms with Crippen molar-refractivity contribution in [3.05, 3.63) is 0 Å². The molecule has 1 saturated heterocycles. The van der Waals surface area contributed by atoms with E-state index >= 15 is 0 Å². The van der Waals surface area contributed by atoms with Crippen LogP contribution in [0.1, 0.15) is 39.0 Å². The van der Waals surface area contributed by atoms with Gasteiger partial charge in [-0.3, -0.25) is 4.79 Å². The summed E-state index contributed by atoms with van der Waals surface area (Å²) in [5.41, 5.74) is 0. The van der Waals surface area contributed by atoms with Crippen LogP contribution < -0.4 is 5.32 Å². The van der Waals surface area contributed by atoms with Crippen molar-refractivity contribution in [1.82, 2.24) is 10.2 Å². The van der Waals surface area contributed by atoms with E-state index in [1.165, 1.54) is 32.1 Å². The van der Waals surface area contributed by atoms with Gasteiger partial charge in [0.2, 0.25) is 5.91 Å². The topological polar surface area (TPSA) is 32.3 Å². The summed E-state index contributed by atoms with van der Waals surface area (Å²) in [4.78, 5) is 14.6. The van der Waals surface area contributed by atoms with Crippen molar-refractivity contribution >= 4 is 17.7 Å². The Labute approximate surface area is 115 Å². The minimum atomic E-state index is 0.171. The standard InChI is InChI=1S/C14H26N2OS/c1-11(10-18-2)14(17)16(13-6-7-13)9-12-5-3-4-8-15-12/h11-13,15H,3-10H2,1-2H3. The molecule has 3 nitrogen and oxygen atoms in total. The van der Waals surface area contributed by atoms with Crippen molar-refractivity contribution in [3.8, 4) is 0 Å². The number of piperidine rings is 1. The zero-order valence-electron chi connectivity index (χ0n) is 11.7. The van der Waals surface area contributed by atoms with Crippen LogP contribution in [0, 0.1) is 5.92 Å². The van der Waals surface area contributed by atoms with Gasteiger partial charge in [-0.1, -0.05) is 13.3 Å². The summed E-state index contributed by atoms with van der Waals surface area (Å²) in [6.07, 6.45) is 8.33. The van der Waals surface area contributed by atoms with Crippen molar-refractivity contribution in [2.45, 2.75) is 51.1 Å². The summed E-state index contributed by atoms with van der Waals surface area (Å²) in [6, 6.07) is 1.08. The molecule has 1 saturated carbocycles. The third-order valence-electron chi connectivity index (χ3n) is 3.94. The van der Waals surface area contributed by atoms with Gasteiger partial charge in [0, 0.05) is 30.3 Å². The second kappa shape index (κ2) is 6.80. The van der Waals surface area contributed by atoms with E-state index in [0.717, 1.165) is 18.8 Å². The summed E-state index contributed by atoms with van der Waals surface area (Å²) in [5, 5.41) is 3.56. The minimum Gasteiger partial charge on any atom is -0.338 e. The van der Waals surface area contributed by atoms with Crippen LogP contribution in [0.2, 0.25) is 0 Å². The maximum Gasteiger partial charge on any atom is 0.226 e. The number of amides is 1. The number of nitrogens with zero attached hydrogens (tertiary/aromatic N) is 1. The van der Waals surface area contributed by atoms with Gasteiger partial charge in [0.15, 0.2) is 0 Å². The molecule has 1 aliphatic carbocycles. The van der Waals surface area contributed by atoms with Crippen LogP contribution in [0.4, 0.5) is 0 Å². The van der Waals surface area contributed by atoms with Gasteiger partial charge in [0.05, 0.1) is 0 Å². The van der Waals surface area contributed by atoms with Crippen molar-refractivity contribution < 1.29 is 4.79 Å². The lowest BCUT2D eigenvalue weighted by molar-refractivity contribution is -0.135. The van der Waals surface area contributed by atoms with Gasteiger partial charge in [-0.25, -0.2) is 0 Å². The highest BCUT2D eigenvalue weighted by atomic mass is 32.2. The number of nitrogens with one attached hydrogen (secondary N) is 1. The van der Waals surface area contributed by atoms with E-state index in [4.69, 9.17) is 0 Å². The molecule has 2 rings (SSSR count). The molecular weight excluding hydrogens is 244 g/mol. The molecule has 1 heterocycles. The predicted molar refractivity (Wildman–Crippen MR) is 77.9 cm³/mol. The highest BCUT2D eigenvalue weighted by molar-refractivity contribution is 7.98. The lowest BCUT2D eigenvalue weighted by Gasteiger charge is -2.32. The van der Waals surface area contributed by atoms with Gasteiger partial charge in [0.25, 0.3) is 0 Å². The Morgan fingerprint density at radius 3 is 2.72 bits per heavy atom. The van der Waals surface area contributed by atoms with Crippen LogP contribution in [0.15, 0.2) is 0 Å². The second-order valence-corrected chi connectivity index (χ2v) is 6.64. The summed E-state index contributed by atoms with van der Waals surface area (Å²) in [6.45, 7) is 4.13. The average molecular weight is 270 g/mol. The molecule has 104 valence electrons.